The molecule has 126 valence electrons. The van der Waals surface area contributed by atoms with Crippen LogP contribution in [0.25, 0.3) is 11.1 Å². The minimum atomic E-state index is -0.828. The Morgan fingerprint density at radius 2 is 1.54 bits per heavy atom. The second kappa shape index (κ2) is 9.29. The van der Waals surface area contributed by atoms with Gasteiger partial charge in [-0.15, -0.1) is 10.1 Å². The Morgan fingerprint density at radius 1 is 0.917 bits per heavy atom. The van der Waals surface area contributed by atoms with E-state index in [1.54, 1.807) is 0 Å². The van der Waals surface area contributed by atoms with E-state index in [4.69, 9.17) is 4.74 Å². The van der Waals surface area contributed by atoms with E-state index in [1.807, 2.05) is 54.6 Å². The molecule has 2 aromatic carbocycles. The fourth-order valence-electron chi connectivity index (χ4n) is 2.19. The highest BCUT2D eigenvalue weighted by Gasteiger charge is 2.05. The summed E-state index contributed by atoms with van der Waals surface area (Å²) < 4.78 is 5.10. The first-order valence-electron chi connectivity index (χ1n) is 7.72. The molecule has 0 saturated heterocycles. The lowest BCUT2D eigenvalue weighted by atomic mass is 10.0. The minimum Gasteiger partial charge on any atom is -0.465 e. The average Bonchev–Trinajstić information content (AvgIpc) is 2.59. The first kappa shape index (κ1) is 17.5. The number of unbranched alkanes of at least 4 members (excludes halogenated alkanes) is 1. The SMILES string of the molecule is O=C(Cc1ccc(-c2ccccc2)cc1)OCCCCO[N+](=O)[O-]. The molecule has 24 heavy (non-hydrogen) atoms. The second-order valence-corrected chi connectivity index (χ2v) is 5.22. The molecule has 0 unspecified atom stereocenters. The first-order valence-corrected chi connectivity index (χ1v) is 7.72. The highest BCUT2D eigenvalue weighted by Crippen LogP contribution is 2.19. The molecule has 0 spiro atoms. The van der Waals surface area contributed by atoms with Crippen molar-refractivity contribution in [3.63, 3.8) is 0 Å². The van der Waals surface area contributed by atoms with Crippen LogP contribution in [0.15, 0.2) is 54.6 Å². The number of nitrogens with zero attached hydrogens (tertiary/aromatic N) is 1. The molecular weight excluding hydrogens is 310 g/mol. The summed E-state index contributed by atoms with van der Waals surface area (Å²) >= 11 is 0. The number of carbonyl (C=O) groups is 1. The number of hydrogen-bond donors (Lipinski definition) is 0. The van der Waals surface area contributed by atoms with Gasteiger partial charge in [0.05, 0.1) is 19.6 Å². The molecule has 6 nitrogen and oxygen atoms in total. The zero-order valence-corrected chi connectivity index (χ0v) is 13.2. The maximum absolute atomic E-state index is 11.7. The van der Waals surface area contributed by atoms with E-state index in [-0.39, 0.29) is 25.6 Å². The highest BCUT2D eigenvalue weighted by atomic mass is 16.9. The smallest absolute Gasteiger partial charge is 0.310 e. The van der Waals surface area contributed by atoms with Crippen LogP contribution in [0.5, 0.6) is 0 Å². The van der Waals surface area contributed by atoms with E-state index in [0.29, 0.717) is 12.8 Å². The van der Waals surface area contributed by atoms with Crippen LogP contribution in [-0.2, 0) is 20.8 Å². The monoisotopic (exact) mass is 329 g/mol. The maximum Gasteiger partial charge on any atom is 0.310 e. The van der Waals surface area contributed by atoms with Crippen LogP contribution >= 0.6 is 0 Å². The number of benzene rings is 2. The molecule has 0 amide bonds. The summed E-state index contributed by atoms with van der Waals surface area (Å²) in [5.74, 6) is -0.308. The Bertz CT molecular complexity index is 655. The average molecular weight is 329 g/mol. The Kier molecular flexibility index (Phi) is 6.76. The van der Waals surface area contributed by atoms with Gasteiger partial charge in [-0.1, -0.05) is 54.6 Å². The van der Waals surface area contributed by atoms with Gasteiger partial charge in [-0.3, -0.25) is 4.79 Å². The third-order valence-electron chi connectivity index (χ3n) is 3.41. The Labute approximate surface area is 140 Å². The van der Waals surface area contributed by atoms with Crippen molar-refractivity contribution in [3.05, 3.63) is 70.3 Å². The van der Waals surface area contributed by atoms with Crippen LogP contribution < -0.4 is 0 Å². The van der Waals surface area contributed by atoms with E-state index in [9.17, 15) is 14.9 Å². The van der Waals surface area contributed by atoms with Crippen LogP contribution in [0, 0.1) is 10.1 Å². The predicted molar refractivity (Wildman–Crippen MR) is 88.7 cm³/mol. The van der Waals surface area contributed by atoms with Gasteiger partial charge < -0.3 is 9.57 Å². The third-order valence-corrected chi connectivity index (χ3v) is 3.41. The molecule has 0 N–H and O–H groups in total. The molecule has 2 rings (SSSR count). The second-order valence-electron chi connectivity index (χ2n) is 5.22. The van der Waals surface area contributed by atoms with Crippen LogP contribution in [0.3, 0.4) is 0 Å². The number of ether oxygens (including phenoxy) is 1. The summed E-state index contributed by atoms with van der Waals surface area (Å²) in [6, 6.07) is 17.8. The van der Waals surface area contributed by atoms with Crippen molar-refractivity contribution in [2.75, 3.05) is 13.2 Å². The summed E-state index contributed by atoms with van der Waals surface area (Å²) in [6.45, 7) is 0.257. The molecule has 0 fully saturated rings. The van der Waals surface area contributed by atoms with Crippen molar-refractivity contribution in [1.29, 1.82) is 0 Å². The first-order chi connectivity index (χ1) is 11.6. The number of carbonyl (C=O) groups excluding carboxylic acids is 1. The number of esters is 1. The van der Waals surface area contributed by atoms with Gasteiger partial charge in [0.25, 0.3) is 5.09 Å². The molecule has 0 aliphatic rings. The molecule has 2 aromatic rings. The van der Waals surface area contributed by atoms with E-state index < -0.39 is 5.09 Å². The molecule has 6 heteroatoms. The van der Waals surface area contributed by atoms with Gasteiger partial charge in [0.2, 0.25) is 0 Å². The zero-order valence-electron chi connectivity index (χ0n) is 13.2. The third kappa shape index (κ3) is 6.08. The molecule has 0 bridgehead atoms. The van der Waals surface area contributed by atoms with Crippen LogP contribution in [0.4, 0.5) is 0 Å². The number of rotatable bonds is 9. The van der Waals surface area contributed by atoms with Gasteiger partial charge in [-0.25, -0.2) is 0 Å². The van der Waals surface area contributed by atoms with Crippen molar-refractivity contribution < 1.29 is 19.5 Å². The lowest BCUT2D eigenvalue weighted by Crippen LogP contribution is -2.10. The lowest BCUT2D eigenvalue weighted by Gasteiger charge is -2.06. The topological polar surface area (TPSA) is 78.7 Å². The predicted octanol–water partition coefficient (Wildman–Crippen LogP) is 3.43. The Hall–Kier alpha value is -2.89. The summed E-state index contributed by atoms with van der Waals surface area (Å²) in [5, 5.41) is 9.13. The van der Waals surface area contributed by atoms with Crippen LogP contribution in [-0.4, -0.2) is 24.3 Å². The van der Waals surface area contributed by atoms with Crippen molar-refractivity contribution >= 4 is 5.97 Å². The molecule has 0 aliphatic heterocycles. The van der Waals surface area contributed by atoms with Crippen LogP contribution in [0.1, 0.15) is 18.4 Å². The lowest BCUT2D eigenvalue weighted by molar-refractivity contribution is -0.757. The van der Waals surface area contributed by atoms with Crippen molar-refractivity contribution in [1.82, 2.24) is 0 Å². The van der Waals surface area contributed by atoms with Crippen molar-refractivity contribution in [2.45, 2.75) is 19.3 Å². The molecule has 0 atom stereocenters. The summed E-state index contributed by atoms with van der Waals surface area (Å²) in [7, 11) is 0. The van der Waals surface area contributed by atoms with Gasteiger partial charge in [0, 0.05) is 0 Å². The van der Waals surface area contributed by atoms with Crippen LogP contribution in [0.2, 0.25) is 0 Å². The van der Waals surface area contributed by atoms with Gasteiger partial charge in [0.1, 0.15) is 0 Å². The molecule has 0 aromatic heterocycles. The standard InChI is InChI=1S/C18H19NO5/c20-18(23-12-4-5-13-24-19(21)22)14-15-8-10-17(11-9-15)16-6-2-1-3-7-16/h1-3,6-11H,4-5,12-14H2. The Morgan fingerprint density at radius 3 is 2.21 bits per heavy atom. The fourth-order valence-corrected chi connectivity index (χ4v) is 2.19. The summed E-state index contributed by atoms with van der Waals surface area (Å²) in [5.41, 5.74) is 3.11. The summed E-state index contributed by atoms with van der Waals surface area (Å²) in [6.07, 6.45) is 1.22. The van der Waals surface area contributed by atoms with Gasteiger partial charge >= 0.3 is 5.97 Å². The Balaban J connectivity index is 1.71. The van der Waals surface area contributed by atoms with E-state index in [1.165, 1.54) is 0 Å². The van der Waals surface area contributed by atoms with Gasteiger partial charge in [-0.05, 0) is 29.5 Å². The van der Waals surface area contributed by atoms with E-state index in [2.05, 4.69) is 4.84 Å². The van der Waals surface area contributed by atoms with E-state index in [0.717, 1.165) is 16.7 Å². The summed E-state index contributed by atoms with van der Waals surface area (Å²) in [4.78, 5) is 25.9. The molecule has 0 heterocycles. The minimum absolute atomic E-state index is 0.0193. The molecular formula is C18H19NO5. The van der Waals surface area contributed by atoms with E-state index >= 15 is 0 Å². The highest BCUT2D eigenvalue weighted by molar-refractivity contribution is 5.73. The maximum atomic E-state index is 11.7. The molecule has 0 aliphatic carbocycles. The van der Waals surface area contributed by atoms with Crippen molar-refractivity contribution in [2.24, 2.45) is 0 Å². The van der Waals surface area contributed by atoms with Crippen molar-refractivity contribution in [3.8, 4) is 11.1 Å². The van der Waals surface area contributed by atoms with Gasteiger partial charge in [0.15, 0.2) is 0 Å². The zero-order chi connectivity index (χ0) is 17.2. The molecule has 0 saturated carbocycles. The van der Waals surface area contributed by atoms with Gasteiger partial charge in [-0.2, -0.15) is 0 Å². The quantitative estimate of drug-likeness (QED) is 0.305. The molecule has 0 radical (unpaired) electrons. The fraction of sp³-hybridized carbons (Fsp3) is 0.278. The number of hydrogen-bond acceptors (Lipinski definition) is 5. The largest absolute Gasteiger partial charge is 0.465 e. The normalized spacial score (nSPS) is 10.2.